The lowest BCUT2D eigenvalue weighted by molar-refractivity contribution is 0.104. The van der Waals surface area contributed by atoms with Gasteiger partial charge in [0, 0.05) is 27.4 Å². The minimum atomic E-state index is -2.27. The number of hydrogen-bond donors (Lipinski definition) is 0. The summed E-state index contributed by atoms with van der Waals surface area (Å²) >= 11 is 0. The summed E-state index contributed by atoms with van der Waals surface area (Å²) in [5, 5.41) is 0. The molecule has 0 aromatic rings. The fourth-order valence-electron chi connectivity index (χ4n) is 0.989. The van der Waals surface area contributed by atoms with Crippen LogP contribution in [0, 0.1) is 0 Å². The minimum Gasteiger partial charge on any atom is -0.377 e. The van der Waals surface area contributed by atoms with Crippen LogP contribution in [0.5, 0.6) is 0 Å². The van der Waals surface area contributed by atoms with Gasteiger partial charge in [0.2, 0.25) is 0 Å². The Balaban J connectivity index is 3.43. The molecule has 0 saturated heterocycles. The van der Waals surface area contributed by atoms with Gasteiger partial charge in [-0.05, 0) is 32.3 Å². The van der Waals surface area contributed by atoms with E-state index >= 15 is 0 Å². The molecule has 0 rings (SSSR count). The summed E-state index contributed by atoms with van der Waals surface area (Å²) in [6.07, 6.45) is 3.68. The number of rotatable bonds is 8. The van der Waals surface area contributed by atoms with Crippen LogP contribution in [0.3, 0.4) is 0 Å². The van der Waals surface area contributed by atoms with Crippen molar-refractivity contribution in [3.63, 3.8) is 0 Å². The summed E-state index contributed by atoms with van der Waals surface area (Å²) in [6, 6.07) is 0. The molecule has 3 nitrogen and oxygen atoms in total. The highest BCUT2D eigenvalue weighted by Crippen LogP contribution is 2.25. The second kappa shape index (κ2) is 7.77. The number of unbranched alkanes of at least 4 members (excludes halogenated alkanes) is 1. The third kappa shape index (κ3) is 6.90. The average Bonchev–Trinajstić information content (AvgIpc) is 2.16. The predicted molar refractivity (Wildman–Crippen MR) is 64.5 cm³/mol. The van der Waals surface area contributed by atoms with E-state index in [4.69, 9.17) is 13.3 Å². The molecule has 5 heteroatoms. The topological polar surface area (TPSA) is 27.7 Å². The van der Waals surface area contributed by atoms with E-state index in [1.165, 1.54) is 12.6 Å². The summed E-state index contributed by atoms with van der Waals surface area (Å²) in [5.41, 5.74) is 0. The molecular weight excluding hydrogens is 215 g/mol. The van der Waals surface area contributed by atoms with Gasteiger partial charge >= 0.3 is 8.80 Å². The molecule has 0 aliphatic heterocycles. The highest BCUT2D eigenvalue weighted by atomic mass is 31.1. The first-order valence-electron chi connectivity index (χ1n) is 4.93. The van der Waals surface area contributed by atoms with E-state index in [0.29, 0.717) is 0 Å². The zero-order chi connectivity index (χ0) is 11.0. The third-order valence-electron chi connectivity index (χ3n) is 2.11. The maximum atomic E-state index is 5.61. The molecule has 0 aliphatic rings. The lowest BCUT2D eigenvalue weighted by atomic mass is 10.4. The van der Waals surface area contributed by atoms with Crippen LogP contribution in [0.4, 0.5) is 0 Å². The van der Waals surface area contributed by atoms with E-state index in [1.807, 2.05) is 6.55 Å². The van der Waals surface area contributed by atoms with Gasteiger partial charge in [-0.15, -0.1) is 7.92 Å². The van der Waals surface area contributed by atoms with E-state index in [2.05, 4.69) is 13.3 Å². The maximum Gasteiger partial charge on any atom is 0.497 e. The van der Waals surface area contributed by atoms with Crippen molar-refractivity contribution in [1.82, 2.24) is 0 Å². The summed E-state index contributed by atoms with van der Waals surface area (Å²) in [6.45, 7) is 7.28. The van der Waals surface area contributed by atoms with Crippen molar-refractivity contribution in [2.45, 2.75) is 19.4 Å². The van der Waals surface area contributed by atoms with Crippen molar-refractivity contribution >= 4 is 16.7 Å². The van der Waals surface area contributed by atoms with Gasteiger partial charge in [-0.1, -0.05) is 0 Å². The van der Waals surface area contributed by atoms with Gasteiger partial charge < -0.3 is 13.3 Å². The van der Waals surface area contributed by atoms with E-state index in [0.717, 1.165) is 13.0 Å². The second-order valence-corrected chi connectivity index (χ2v) is 9.07. The fraction of sp³-hybridized carbons (Fsp3) is 1.00. The van der Waals surface area contributed by atoms with Crippen LogP contribution in [0.25, 0.3) is 0 Å². The van der Waals surface area contributed by atoms with Crippen molar-refractivity contribution in [3.8, 4) is 0 Å². The first kappa shape index (κ1) is 14.5. The molecule has 0 spiro atoms. The van der Waals surface area contributed by atoms with Crippen molar-refractivity contribution in [1.29, 1.82) is 0 Å². The molecule has 0 fully saturated rings. The van der Waals surface area contributed by atoms with Gasteiger partial charge in [0.05, 0.1) is 0 Å². The molecule has 0 atom stereocenters. The molecule has 86 valence electrons. The van der Waals surface area contributed by atoms with Crippen molar-refractivity contribution in [2.24, 2.45) is 0 Å². The quantitative estimate of drug-likeness (QED) is 0.369. The predicted octanol–water partition coefficient (Wildman–Crippen LogP) is 2.39. The molecule has 0 N–H and O–H groups in total. The summed E-state index contributed by atoms with van der Waals surface area (Å²) in [5.74, 6) is 0. The normalized spacial score (nSPS) is 12.4. The van der Waals surface area contributed by atoms with Crippen LogP contribution in [0.2, 0.25) is 6.55 Å². The summed E-state index contributed by atoms with van der Waals surface area (Å²) in [4.78, 5) is 0. The standard InChI is InChI=1S/C9H23O3PSi/c1-10-14(5,11-2)12-8-6-7-9-13(3)4/h6-9H2,1-5H3. The van der Waals surface area contributed by atoms with Crippen LogP contribution < -0.4 is 0 Å². The van der Waals surface area contributed by atoms with E-state index < -0.39 is 8.80 Å². The Morgan fingerprint density at radius 2 is 1.64 bits per heavy atom. The average molecular weight is 238 g/mol. The van der Waals surface area contributed by atoms with Gasteiger partial charge in [-0.3, -0.25) is 0 Å². The smallest absolute Gasteiger partial charge is 0.377 e. The van der Waals surface area contributed by atoms with E-state index in [9.17, 15) is 0 Å². The van der Waals surface area contributed by atoms with Gasteiger partial charge in [0.1, 0.15) is 0 Å². The summed E-state index contributed by atoms with van der Waals surface area (Å²) in [7, 11) is 1.26. The van der Waals surface area contributed by atoms with Crippen LogP contribution in [0.1, 0.15) is 12.8 Å². The van der Waals surface area contributed by atoms with E-state index in [1.54, 1.807) is 14.2 Å². The Labute approximate surface area is 90.3 Å². The van der Waals surface area contributed by atoms with Crippen LogP contribution in [-0.4, -0.2) is 49.1 Å². The Hall–Kier alpha value is 0.527. The number of hydrogen-bond acceptors (Lipinski definition) is 3. The highest BCUT2D eigenvalue weighted by Gasteiger charge is 2.31. The zero-order valence-electron chi connectivity index (χ0n) is 10.0. The molecule has 0 aromatic heterocycles. The maximum absolute atomic E-state index is 5.61. The van der Waals surface area contributed by atoms with Crippen LogP contribution in [-0.2, 0) is 13.3 Å². The molecule has 0 bridgehead atoms. The lowest BCUT2D eigenvalue weighted by Crippen LogP contribution is -2.40. The fourth-order valence-corrected chi connectivity index (χ4v) is 2.76. The second-order valence-electron chi connectivity index (χ2n) is 3.63. The lowest BCUT2D eigenvalue weighted by Gasteiger charge is -2.21. The molecule has 0 aliphatic carbocycles. The molecule has 0 unspecified atom stereocenters. The summed E-state index contributed by atoms with van der Waals surface area (Å²) < 4.78 is 16.0. The first-order valence-corrected chi connectivity index (χ1v) is 9.57. The largest absolute Gasteiger partial charge is 0.497 e. The van der Waals surface area contributed by atoms with Crippen molar-refractivity contribution < 1.29 is 13.3 Å². The van der Waals surface area contributed by atoms with Gasteiger partial charge in [0.15, 0.2) is 0 Å². The van der Waals surface area contributed by atoms with Crippen molar-refractivity contribution in [3.05, 3.63) is 0 Å². The molecule has 0 heterocycles. The van der Waals surface area contributed by atoms with E-state index in [-0.39, 0.29) is 7.92 Å². The Morgan fingerprint density at radius 1 is 1.07 bits per heavy atom. The van der Waals surface area contributed by atoms with Crippen molar-refractivity contribution in [2.75, 3.05) is 40.3 Å². The van der Waals surface area contributed by atoms with Gasteiger partial charge in [-0.2, -0.15) is 0 Å². The highest BCUT2D eigenvalue weighted by molar-refractivity contribution is 7.55. The van der Waals surface area contributed by atoms with Gasteiger partial charge in [0.25, 0.3) is 0 Å². The Morgan fingerprint density at radius 3 is 2.07 bits per heavy atom. The molecule has 0 aromatic carbocycles. The van der Waals surface area contributed by atoms with Gasteiger partial charge in [-0.25, -0.2) is 0 Å². The molecule has 0 amide bonds. The third-order valence-corrected chi connectivity index (χ3v) is 5.53. The van der Waals surface area contributed by atoms with Crippen LogP contribution >= 0.6 is 7.92 Å². The zero-order valence-corrected chi connectivity index (χ0v) is 11.9. The Kier molecular flexibility index (Phi) is 8.06. The Bertz CT molecular complexity index is 140. The molecule has 14 heavy (non-hydrogen) atoms. The molecule has 0 radical (unpaired) electrons. The first-order chi connectivity index (χ1) is 6.54. The SMILES string of the molecule is CO[Si](C)(OC)OCCCCP(C)C. The monoisotopic (exact) mass is 238 g/mol. The molecule has 0 saturated carbocycles. The minimum absolute atomic E-state index is 0.241. The van der Waals surface area contributed by atoms with Crippen LogP contribution in [0.15, 0.2) is 0 Å². The molecular formula is C9H23O3PSi.